The van der Waals surface area contributed by atoms with E-state index in [9.17, 15) is 4.79 Å². The number of ether oxygens (including phenoxy) is 1. The topological polar surface area (TPSA) is 26.3 Å². The molecule has 0 saturated heterocycles. The summed E-state index contributed by atoms with van der Waals surface area (Å²) in [5.41, 5.74) is 0.277. The van der Waals surface area contributed by atoms with Gasteiger partial charge in [-0.25, -0.2) is 4.79 Å². The van der Waals surface area contributed by atoms with Crippen molar-refractivity contribution >= 4 is 5.97 Å². The largest absolute Gasteiger partial charge is 1.00 e. The van der Waals surface area contributed by atoms with Crippen LogP contribution in [0.4, 0.5) is 0 Å². The second-order valence-corrected chi connectivity index (χ2v) is 5.92. The molecule has 0 radical (unpaired) electrons. The molecular formula is C14H26ClNO2. The fourth-order valence-electron chi connectivity index (χ4n) is 2.87. The van der Waals surface area contributed by atoms with E-state index in [1.807, 2.05) is 0 Å². The molecule has 0 bridgehead atoms. The summed E-state index contributed by atoms with van der Waals surface area (Å²) >= 11 is 0. The first-order chi connectivity index (χ1) is 7.91. The van der Waals surface area contributed by atoms with Crippen molar-refractivity contribution in [1.82, 2.24) is 0 Å². The molecule has 1 aliphatic rings. The van der Waals surface area contributed by atoms with Gasteiger partial charge in [0.15, 0.2) is 0 Å². The average molecular weight is 276 g/mol. The monoisotopic (exact) mass is 275 g/mol. The third-order valence-corrected chi connectivity index (χ3v) is 4.19. The highest BCUT2D eigenvalue weighted by molar-refractivity contribution is 5.81. The molecule has 0 spiro atoms. The molecule has 106 valence electrons. The highest BCUT2D eigenvalue weighted by Crippen LogP contribution is 2.38. The number of rotatable bonds is 5. The Morgan fingerprint density at radius 1 is 1.28 bits per heavy atom. The van der Waals surface area contributed by atoms with E-state index >= 15 is 0 Å². The first-order valence-electron chi connectivity index (χ1n) is 6.52. The fourth-order valence-corrected chi connectivity index (χ4v) is 2.87. The molecule has 0 aromatic carbocycles. The Kier molecular flexibility index (Phi) is 6.93. The Morgan fingerprint density at radius 2 is 1.83 bits per heavy atom. The minimum Gasteiger partial charge on any atom is -1.00 e. The van der Waals surface area contributed by atoms with E-state index in [0.29, 0.717) is 6.61 Å². The van der Waals surface area contributed by atoms with Gasteiger partial charge in [0.1, 0.15) is 5.54 Å². The number of nitrogens with zero attached hydrogens (tertiary/aromatic N) is 1. The molecule has 0 aliphatic heterocycles. The molecule has 1 fully saturated rings. The van der Waals surface area contributed by atoms with E-state index in [-0.39, 0.29) is 23.9 Å². The molecule has 1 saturated carbocycles. The minimum atomic E-state index is -0.308. The van der Waals surface area contributed by atoms with Crippen molar-refractivity contribution in [3.05, 3.63) is 12.7 Å². The van der Waals surface area contributed by atoms with Gasteiger partial charge in [-0.05, 0) is 12.8 Å². The predicted octanol–water partition coefficient (Wildman–Crippen LogP) is -0.481. The van der Waals surface area contributed by atoms with Crippen LogP contribution in [0, 0.1) is 0 Å². The van der Waals surface area contributed by atoms with Crippen LogP contribution in [0.3, 0.4) is 0 Å². The summed E-state index contributed by atoms with van der Waals surface area (Å²) < 4.78 is 6.10. The Balaban J connectivity index is 0.00000289. The summed E-state index contributed by atoms with van der Waals surface area (Å²) in [6, 6.07) is 0. The quantitative estimate of drug-likeness (QED) is 0.385. The predicted molar refractivity (Wildman–Crippen MR) is 69.6 cm³/mol. The lowest BCUT2D eigenvalue weighted by Gasteiger charge is -2.48. The first-order valence-corrected chi connectivity index (χ1v) is 6.52. The van der Waals surface area contributed by atoms with E-state index in [4.69, 9.17) is 4.74 Å². The summed E-state index contributed by atoms with van der Waals surface area (Å²) in [5, 5.41) is 0. The molecule has 1 aliphatic carbocycles. The maximum atomic E-state index is 11.1. The lowest BCUT2D eigenvalue weighted by atomic mass is 9.77. The Labute approximate surface area is 117 Å². The lowest BCUT2D eigenvalue weighted by molar-refractivity contribution is -0.926. The minimum absolute atomic E-state index is 0. The number of hydrogen-bond acceptors (Lipinski definition) is 2. The van der Waals surface area contributed by atoms with Gasteiger partial charge in [-0.3, -0.25) is 0 Å². The van der Waals surface area contributed by atoms with Crippen molar-refractivity contribution in [1.29, 1.82) is 0 Å². The molecule has 0 heterocycles. The Morgan fingerprint density at radius 3 is 2.28 bits per heavy atom. The SMILES string of the molecule is C=CC(=O)OCCC1([N+](C)(C)C)CCCCC1.[Cl-]. The Bertz CT molecular complexity index is 278. The van der Waals surface area contributed by atoms with Crippen LogP contribution in [0.5, 0.6) is 0 Å². The summed E-state index contributed by atoms with van der Waals surface area (Å²) in [7, 11) is 6.75. The van der Waals surface area contributed by atoms with Crippen LogP contribution in [-0.4, -0.2) is 43.7 Å². The van der Waals surface area contributed by atoms with Crippen molar-refractivity contribution in [3.8, 4) is 0 Å². The van der Waals surface area contributed by atoms with Crippen molar-refractivity contribution in [2.24, 2.45) is 0 Å². The highest BCUT2D eigenvalue weighted by Gasteiger charge is 2.43. The number of carbonyl (C=O) groups excluding carboxylic acids is 1. The van der Waals surface area contributed by atoms with E-state index in [2.05, 4.69) is 27.7 Å². The molecule has 0 unspecified atom stereocenters. The van der Waals surface area contributed by atoms with Gasteiger partial charge < -0.3 is 21.6 Å². The van der Waals surface area contributed by atoms with Crippen LogP contribution >= 0.6 is 0 Å². The van der Waals surface area contributed by atoms with Crippen LogP contribution < -0.4 is 12.4 Å². The second kappa shape index (κ2) is 7.15. The number of esters is 1. The van der Waals surface area contributed by atoms with Gasteiger partial charge in [0.25, 0.3) is 0 Å². The third-order valence-electron chi connectivity index (χ3n) is 4.19. The van der Waals surface area contributed by atoms with Crippen molar-refractivity contribution in [2.45, 2.75) is 44.1 Å². The lowest BCUT2D eigenvalue weighted by Crippen LogP contribution is -3.00. The van der Waals surface area contributed by atoms with Gasteiger partial charge in [-0.1, -0.05) is 13.0 Å². The average Bonchev–Trinajstić information content (AvgIpc) is 2.28. The van der Waals surface area contributed by atoms with Gasteiger partial charge in [0.2, 0.25) is 0 Å². The van der Waals surface area contributed by atoms with Crippen LogP contribution in [0.15, 0.2) is 12.7 Å². The van der Waals surface area contributed by atoms with E-state index < -0.39 is 0 Å². The van der Waals surface area contributed by atoms with Crippen LogP contribution in [-0.2, 0) is 9.53 Å². The van der Waals surface area contributed by atoms with Gasteiger partial charge in [-0.2, -0.15) is 0 Å². The summed E-state index contributed by atoms with van der Waals surface area (Å²) in [6.45, 7) is 3.93. The molecule has 0 aromatic rings. The molecule has 0 atom stereocenters. The zero-order valence-corrected chi connectivity index (χ0v) is 12.6. The molecule has 0 amide bonds. The van der Waals surface area contributed by atoms with E-state index in [0.717, 1.165) is 10.9 Å². The van der Waals surface area contributed by atoms with Crippen molar-refractivity contribution in [2.75, 3.05) is 27.7 Å². The molecule has 3 nitrogen and oxygen atoms in total. The first kappa shape index (κ1) is 17.5. The van der Waals surface area contributed by atoms with Gasteiger partial charge >= 0.3 is 5.97 Å². The maximum absolute atomic E-state index is 11.1. The normalized spacial score (nSPS) is 18.6. The number of halogens is 1. The standard InChI is InChI=1S/C14H26NO2.ClH/c1-5-13(16)17-12-11-14(15(2,3)4)9-7-6-8-10-14;/h5H,1,6-12H2,2-4H3;1H/q+1;/p-1. The van der Waals surface area contributed by atoms with Gasteiger partial charge in [0, 0.05) is 25.3 Å². The summed E-state index contributed by atoms with van der Waals surface area (Å²) in [6.07, 6.45) is 8.60. The van der Waals surface area contributed by atoms with Gasteiger partial charge in [-0.15, -0.1) is 0 Å². The van der Waals surface area contributed by atoms with Crippen molar-refractivity contribution < 1.29 is 26.4 Å². The molecule has 18 heavy (non-hydrogen) atoms. The van der Waals surface area contributed by atoms with E-state index in [1.165, 1.54) is 38.2 Å². The van der Waals surface area contributed by atoms with Crippen LogP contribution in [0.2, 0.25) is 0 Å². The van der Waals surface area contributed by atoms with Crippen molar-refractivity contribution in [3.63, 3.8) is 0 Å². The highest BCUT2D eigenvalue weighted by atomic mass is 35.5. The van der Waals surface area contributed by atoms with E-state index in [1.54, 1.807) is 0 Å². The van der Waals surface area contributed by atoms with Crippen LogP contribution in [0.1, 0.15) is 38.5 Å². The number of hydrogen-bond donors (Lipinski definition) is 0. The second-order valence-electron chi connectivity index (χ2n) is 5.92. The molecule has 0 N–H and O–H groups in total. The number of quaternary nitrogens is 1. The smallest absolute Gasteiger partial charge is 0.330 e. The molecule has 4 heteroatoms. The van der Waals surface area contributed by atoms with Crippen LogP contribution in [0.25, 0.3) is 0 Å². The number of carbonyl (C=O) groups is 1. The zero-order chi connectivity index (χ0) is 12.9. The Hall–Kier alpha value is -0.540. The summed E-state index contributed by atoms with van der Waals surface area (Å²) in [5.74, 6) is -0.308. The molecular weight excluding hydrogens is 250 g/mol. The third kappa shape index (κ3) is 4.29. The zero-order valence-electron chi connectivity index (χ0n) is 11.9. The van der Waals surface area contributed by atoms with Gasteiger partial charge in [0.05, 0.1) is 27.7 Å². The molecule has 1 rings (SSSR count). The molecule has 0 aromatic heterocycles. The summed E-state index contributed by atoms with van der Waals surface area (Å²) in [4.78, 5) is 11.1. The maximum Gasteiger partial charge on any atom is 0.330 e. The fraction of sp³-hybridized carbons (Fsp3) is 0.786.